The third kappa shape index (κ3) is 2.90. The van der Waals surface area contributed by atoms with Gasteiger partial charge in [-0.2, -0.15) is 0 Å². The third-order valence-electron chi connectivity index (χ3n) is 3.95. The van der Waals surface area contributed by atoms with Crippen LogP contribution in [0.4, 0.5) is 4.79 Å². The van der Waals surface area contributed by atoms with Gasteiger partial charge in [-0.1, -0.05) is 6.42 Å². The average Bonchev–Trinajstić information content (AvgIpc) is 2.74. The molecule has 0 aromatic heterocycles. The number of nitrogens with zero attached hydrogens (tertiary/aromatic N) is 1. The summed E-state index contributed by atoms with van der Waals surface area (Å²) in [6.45, 7) is 2.17. The zero-order valence-electron chi connectivity index (χ0n) is 10.1. The number of likely N-dealkylation sites (tertiary alicyclic amines) is 1. The summed E-state index contributed by atoms with van der Waals surface area (Å²) < 4.78 is 0. The number of carboxylic acid groups (broad SMARTS) is 1. The molecular weight excluding hydrogens is 220 g/mol. The molecule has 0 radical (unpaired) electrons. The van der Waals surface area contributed by atoms with Crippen molar-refractivity contribution in [3.05, 3.63) is 0 Å². The Balaban J connectivity index is 1.79. The summed E-state index contributed by atoms with van der Waals surface area (Å²) >= 11 is 0. The van der Waals surface area contributed by atoms with Gasteiger partial charge in [-0.25, -0.2) is 4.79 Å². The van der Waals surface area contributed by atoms with Crippen molar-refractivity contribution < 1.29 is 14.7 Å². The number of carbonyl (C=O) groups is 2. The molecule has 1 saturated heterocycles. The van der Waals surface area contributed by atoms with Crippen LogP contribution in [0.5, 0.6) is 0 Å². The predicted molar refractivity (Wildman–Crippen MR) is 62.7 cm³/mol. The lowest BCUT2D eigenvalue weighted by Crippen LogP contribution is -2.47. The van der Waals surface area contributed by atoms with Gasteiger partial charge in [0.25, 0.3) is 0 Å². The second kappa shape index (κ2) is 4.94. The van der Waals surface area contributed by atoms with Crippen LogP contribution in [0.1, 0.15) is 38.5 Å². The molecule has 1 heterocycles. The molecule has 96 valence electrons. The first kappa shape index (κ1) is 12.2. The number of hydrogen-bond acceptors (Lipinski definition) is 2. The minimum absolute atomic E-state index is 0.0286. The van der Waals surface area contributed by atoms with E-state index >= 15 is 0 Å². The van der Waals surface area contributed by atoms with E-state index in [0.29, 0.717) is 6.54 Å². The van der Waals surface area contributed by atoms with Gasteiger partial charge in [-0.15, -0.1) is 0 Å². The molecule has 0 bridgehead atoms. The van der Waals surface area contributed by atoms with E-state index < -0.39 is 5.97 Å². The fourth-order valence-corrected chi connectivity index (χ4v) is 2.71. The maximum absolute atomic E-state index is 11.8. The van der Waals surface area contributed by atoms with Crippen LogP contribution < -0.4 is 5.32 Å². The van der Waals surface area contributed by atoms with Crippen molar-refractivity contribution in [2.75, 3.05) is 19.6 Å². The van der Waals surface area contributed by atoms with Crippen LogP contribution in [0.3, 0.4) is 0 Å². The van der Waals surface area contributed by atoms with Crippen LogP contribution in [-0.4, -0.2) is 41.6 Å². The van der Waals surface area contributed by atoms with E-state index in [1.807, 2.05) is 4.90 Å². The molecule has 1 aliphatic heterocycles. The molecule has 1 saturated carbocycles. The normalized spacial score (nSPS) is 22.0. The van der Waals surface area contributed by atoms with Crippen LogP contribution in [0.2, 0.25) is 0 Å². The van der Waals surface area contributed by atoms with Crippen molar-refractivity contribution in [3.63, 3.8) is 0 Å². The second-order valence-electron chi connectivity index (χ2n) is 5.28. The lowest BCUT2D eigenvalue weighted by Gasteiger charge is -2.41. The molecule has 0 aromatic rings. The number of hydrogen-bond donors (Lipinski definition) is 2. The number of amides is 2. The molecule has 2 rings (SSSR count). The predicted octanol–water partition coefficient (Wildman–Crippen LogP) is 1.44. The quantitative estimate of drug-likeness (QED) is 0.781. The zero-order valence-corrected chi connectivity index (χ0v) is 10.1. The summed E-state index contributed by atoms with van der Waals surface area (Å²) in [6.07, 6.45) is 5.24. The van der Waals surface area contributed by atoms with Gasteiger partial charge in [0.1, 0.15) is 0 Å². The SMILES string of the molecule is O=C(O)CC1(CNC(=O)N2CCCC2)CCC1. The number of nitrogens with one attached hydrogen (secondary N) is 1. The Morgan fingerprint density at radius 1 is 1.18 bits per heavy atom. The maximum Gasteiger partial charge on any atom is 0.317 e. The van der Waals surface area contributed by atoms with Crippen LogP contribution >= 0.6 is 0 Å². The second-order valence-corrected chi connectivity index (χ2v) is 5.28. The smallest absolute Gasteiger partial charge is 0.317 e. The fraction of sp³-hybridized carbons (Fsp3) is 0.833. The first-order valence-electron chi connectivity index (χ1n) is 6.36. The molecule has 1 aliphatic carbocycles. The van der Waals surface area contributed by atoms with Gasteiger partial charge in [-0.3, -0.25) is 4.79 Å². The Bertz CT molecular complexity index is 307. The number of aliphatic carboxylic acids is 1. The summed E-state index contributed by atoms with van der Waals surface area (Å²) in [6, 6.07) is -0.0286. The summed E-state index contributed by atoms with van der Waals surface area (Å²) in [5.41, 5.74) is -0.179. The third-order valence-corrected chi connectivity index (χ3v) is 3.95. The van der Waals surface area contributed by atoms with Crippen molar-refractivity contribution >= 4 is 12.0 Å². The van der Waals surface area contributed by atoms with E-state index in [2.05, 4.69) is 5.32 Å². The van der Waals surface area contributed by atoms with E-state index in [9.17, 15) is 9.59 Å². The molecule has 2 aliphatic rings. The Hall–Kier alpha value is -1.26. The van der Waals surface area contributed by atoms with Gasteiger partial charge in [0.05, 0.1) is 6.42 Å². The molecule has 0 unspecified atom stereocenters. The Labute approximate surface area is 101 Å². The fourth-order valence-electron chi connectivity index (χ4n) is 2.71. The molecule has 2 amide bonds. The van der Waals surface area contributed by atoms with Gasteiger partial charge in [0, 0.05) is 19.6 Å². The number of rotatable bonds is 4. The minimum atomic E-state index is -0.764. The number of carboxylic acids is 1. The molecule has 5 heteroatoms. The van der Waals surface area contributed by atoms with Gasteiger partial charge in [0.2, 0.25) is 0 Å². The van der Waals surface area contributed by atoms with Crippen molar-refractivity contribution in [2.24, 2.45) is 5.41 Å². The molecule has 5 nitrogen and oxygen atoms in total. The van der Waals surface area contributed by atoms with E-state index in [4.69, 9.17) is 5.11 Å². The van der Waals surface area contributed by atoms with Crippen LogP contribution in [0, 0.1) is 5.41 Å². The Morgan fingerprint density at radius 3 is 2.29 bits per heavy atom. The van der Waals surface area contributed by atoms with Crippen molar-refractivity contribution in [3.8, 4) is 0 Å². The van der Waals surface area contributed by atoms with Gasteiger partial charge in [0.15, 0.2) is 0 Å². The average molecular weight is 240 g/mol. The standard InChI is InChI=1S/C12H20N2O3/c15-10(16)8-12(4-3-5-12)9-13-11(17)14-6-1-2-7-14/h1-9H2,(H,13,17)(H,15,16). The molecule has 0 spiro atoms. The topological polar surface area (TPSA) is 69.6 Å². The summed E-state index contributed by atoms with van der Waals surface area (Å²) in [4.78, 5) is 24.4. The van der Waals surface area contributed by atoms with E-state index in [1.54, 1.807) is 0 Å². The van der Waals surface area contributed by atoms with Crippen LogP contribution in [-0.2, 0) is 4.79 Å². The van der Waals surface area contributed by atoms with Gasteiger partial charge >= 0.3 is 12.0 Å². The molecule has 17 heavy (non-hydrogen) atoms. The van der Waals surface area contributed by atoms with E-state index in [-0.39, 0.29) is 17.9 Å². The molecule has 0 atom stereocenters. The monoisotopic (exact) mass is 240 g/mol. The zero-order chi connectivity index (χ0) is 12.3. The summed E-state index contributed by atoms with van der Waals surface area (Å²) in [5.74, 6) is -0.764. The van der Waals surface area contributed by atoms with E-state index in [1.165, 1.54) is 0 Å². The molecular formula is C12H20N2O3. The number of carbonyl (C=O) groups excluding carboxylic acids is 1. The first-order valence-corrected chi connectivity index (χ1v) is 6.36. The lowest BCUT2D eigenvalue weighted by atomic mass is 9.66. The highest BCUT2D eigenvalue weighted by Crippen LogP contribution is 2.43. The van der Waals surface area contributed by atoms with Crippen molar-refractivity contribution in [1.82, 2.24) is 10.2 Å². The Morgan fingerprint density at radius 2 is 1.82 bits per heavy atom. The molecule has 2 N–H and O–H groups in total. The highest BCUT2D eigenvalue weighted by molar-refractivity contribution is 5.74. The van der Waals surface area contributed by atoms with Crippen LogP contribution in [0.25, 0.3) is 0 Å². The van der Waals surface area contributed by atoms with Gasteiger partial charge < -0.3 is 15.3 Å². The lowest BCUT2D eigenvalue weighted by molar-refractivity contribution is -0.141. The van der Waals surface area contributed by atoms with E-state index in [0.717, 1.165) is 45.2 Å². The van der Waals surface area contributed by atoms with Gasteiger partial charge in [-0.05, 0) is 31.1 Å². The summed E-state index contributed by atoms with van der Waals surface area (Å²) in [5, 5.41) is 11.8. The highest BCUT2D eigenvalue weighted by Gasteiger charge is 2.39. The largest absolute Gasteiger partial charge is 0.481 e. The van der Waals surface area contributed by atoms with Crippen LogP contribution in [0.15, 0.2) is 0 Å². The van der Waals surface area contributed by atoms with Crippen molar-refractivity contribution in [1.29, 1.82) is 0 Å². The molecule has 0 aromatic carbocycles. The minimum Gasteiger partial charge on any atom is -0.481 e. The highest BCUT2D eigenvalue weighted by atomic mass is 16.4. The summed E-state index contributed by atoms with van der Waals surface area (Å²) in [7, 11) is 0. The molecule has 2 fully saturated rings. The maximum atomic E-state index is 11.8. The Kier molecular flexibility index (Phi) is 3.54. The number of urea groups is 1. The van der Waals surface area contributed by atoms with Crippen molar-refractivity contribution in [2.45, 2.75) is 38.5 Å². The first-order chi connectivity index (χ1) is 8.11.